The standard InChI is InChI=1S/C14H10BrIN2O3/c1-8-6-10(16)3-5-12(8)17-14(19)9-2-4-11(15)13(7-9)18(20)21/h2-7H,1H3,(H,17,19). The van der Waals surface area contributed by atoms with E-state index >= 15 is 0 Å². The van der Waals surface area contributed by atoms with E-state index in [9.17, 15) is 14.9 Å². The normalized spacial score (nSPS) is 10.2. The van der Waals surface area contributed by atoms with Crippen molar-refractivity contribution < 1.29 is 9.72 Å². The molecule has 2 aromatic rings. The van der Waals surface area contributed by atoms with Crippen LogP contribution in [0.4, 0.5) is 11.4 Å². The van der Waals surface area contributed by atoms with Crippen molar-refractivity contribution in [2.24, 2.45) is 0 Å². The van der Waals surface area contributed by atoms with Gasteiger partial charge >= 0.3 is 0 Å². The van der Waals surface area contributed by atoms with Crippen molar-refractivity contribution in [1.82, 2.24) is 0 Å². The van der Waals surface area contributed by atoms with Gasteiger partial charge in [0, 0.05) is 20.9 Å². The summed E-state index contributed by atoms with van der Waals surface area (Å²) >= 11 is 5.28. The molecule has 0 fully saturated rings. The van der Waals surface area contributed by atoms with E-state index in [4.69, 9.17) is 0 Å². The third-order valence-electron chi connectivity index (χ3n) is 2.84. The Morgan fingerprint density at radius 1 is 1.29 bits per heavy atom. The number of nitro groups is 1. The molecule has 0 aromatic heterocycles. The zero-order valence-corrected chi connectivity index (χ0v) is 14.6. The molecular weight excluding hydrogens is 451 g/mol. The summed E-state index contributed by atoms with van der Waals surface area (Å²) in [4.78, 5) is 22.5. The number of carbonyl (C=O) groups is 1. The van der Waals surface area contributed by atoms with E-state index in [2.05, 4.69) is 43.8 Å². The number of anilines is 1. The fraction of sp³-hybridized carbons (Fsp3) is 0.0714. The van der Waals surface area contributed by atoms with Gasteiger partial charge in [-0.05, 0) is 81.3 Å². The summed E-state index contributed by atoms with van der Waals surface area (Å²) in [6.45, 7) is 1.89. The van der Waals surface area contributed by atoms with Crippen LogP contribution in [0.1, 0.15) is 15.9 Å². The summed E-state index contributed by atoms with van der Waals surface area (Å²) in [5.41, 5.74) is 1.72. The number of nitrogens with one attached hydrogen (secondary N) is 1. The SMILES string of the molecule is Cc1cc(I)ccc1NC(=O)c1ccc(Br)c([N+](=O)[O-])c1. The van der Waals surface area contributed by atoms with Crippen molar-refractivity contribution in [3.8, 4) is 0 Å². The van der Waals surface area contributed by atoms with Gasteiger partial charge in [0.2, 0.25) is 0 Å². The van der Waals surface area contributed by atoms with E-state index in [-0.39, 0.29) is 17.2 Å². The molecule has 5 nitrogen and oxygen atoms in total. The molecule has 0 radical (unpaired) electrons. The predicted octanol–water partition coefficient (Wildman–Crippen LogP) is 4.52. The molecule has 2 rings (SSSR count). The largest absolute Gasteiger partial charge is 0.322 e. The number of hydrogen-bond acceptors (Lipinski definition) is 3. The van der Waals surface area contributed by atoms with E-state index in [0.717, 1.165) is 9.13 Å². The van der Waals surface area contributed by atoms with Crippen LogP contribution in [-0.2, 0) is 0 Å². The Morgan fingerprint density at radius 2 is 2.00 bits per heavy atom. The third kappa shape index (κ3) is 3.79. The maximum absolute atomic E-state index is 12.2. The van der Waals surface area contributed by atoms with E-state index in [1.165, 1.54) is 18.2 Å². The molecule has 0 spiro atoms. The molecule has 0 atom stereocenters. The van der Waals surface area contributed by atoms with E-state index in [1.807, 2.05) is 25.1 Å². The molecule has 1 N–H and O–H groups in total. The van der Waals surface area contributed by atoms with Crippen LogP contribution in [0.25, 0.3) is 0 Å². The zero-order chi connectivity index (χ0) is 15.6. The number of halogens is 2. The molecule has 0 aliphatic rings. The van der Waals surface area contributed by atoms with Crippen LogP contribution in [0.5, 0.6) is 0 Å². The molecule has 7 heteroatoms. The number of nitrogens with zero attached hydrogens (tertiary/aromatic N) is 1. The Balaban J connectivity index is 2.28. The second-order valence-electron chi connectivity index (χ2n) is 4.34. The van der Waals surface area contributed by atoms with Gasteiger partial charge in [-0.15, -0.1) is 0 Å². The zero-order valence-electron chi connectivity index (χ0n) is 10.9. The maximum Gasteiger partial charge on any atom is 0.284 e. The fourth-order valence-electron chi connectivity index (χ4n) is 1.76. The minimum Gasteiger partial charge on any atom is -0.322 e. The van der Waals surface area contributed by atoms with Crippen molar-refractivity contribution in [3.05, 3.63) is 65.7 Å². The van der Waals surface area contributed by atoms with Gasteiger partial charge in [0.15, 0.2) is 0 Å². The lowest BCUT2D eigenvalue weighted by molar-refractivity contribution is -0.385. The van der Waals surface area contributed by atoms with Gasteiger partial charge < -0.3 is 5.32 Å². The number of rotatable bonds is 3. The predicted molar refractivity (Wildman–Crippen MR) is 92.6 cm³/mol. The Bertz CT molecular complexity index is 734. The number of nitro benzene ring substituents is 1. The maximum atomic E-state index is 12.2. The van der Waals surface area contributed by atoms with E-state index < -0.39 is 4.92 Å². The van der Waals surface area contributed by atoms with Gasteiger partial charge in [0.1, 0.15) is 0 Å². The van der Waals surface area contributed by atoms with E-state index in [1.54, 1.807) is 0 Å². The molecule has 0 unspecified atom stereocenters. The van der Waals surface area contributed by atoms with Gasteiger partial charge in [-0.25, -0.2) is 0 Å². The summed E-state index contributed by atoms with van der Waals surface area (Å²) < 4.78 is 1.41. The Labute approximate surface area is 143 Å². The lowest BCUT2D eigenvalue weighted by atomic mass is 10.1. The molecule has 0 saturated carbocycles. The number of aryl methyl sites for hydroxylation is 1. The second-order valence-corrected chi connectivity index (χ2v) is 6.44. The molecule has 0 saturated heterocycles. The number of hydrogen-bond donors (Lipinski definition) is 1. The minimum absolute atomic E-state index is 0.137. The van der Waals surface area contributed by atoms with Gasteiger partial charge in [0.05, 0.1) is 9.40 Å². The summed E-state index contributed by atoms with van der Waals surface area (Å²) in [5, 5.41) is 13.6. The Morgan fingerprint density at radius 3 is 2.62 bits per heavy atom. The van der Waals surface area contributed by atoms with Crippen LogP contribution in [0.15, 0.2) is 40.9 Å². The van der Waals surface area contributed by atoms with Gasteiger partial charge in [-0.2, -0.15) is 0 Å². The highest BCUT2D eigenvalue weighted by atomic mass is 127. The average Bonchev–Trinajstić information content (AvgIpc) is 2.42. The van der Waals surface area contributed by atoms with Crippen LogP contribution in [0.3, 0.4) is 0 Å². The first-order chi connectivity index (χ1) is 9.88. The van der Waals surface area contributed by atoms with Gasteiger partial charge in [-0.3, -0.25) is 14.9 Å². The number of carbonyl (C=O) groups excluding carboxylic acids is 1. The van der Waals surface area contributed by atoms with Crippen LogP contribution in [0, 0.1) is 20.6 Å². The molecule has 0 aliphatic heterocycles. The van der Waals surface area contributed by atoms with Gasteiger partial charge in [-0.1, -0.05) is 0 Å². The van der Waals surface area contributed by atoms with Crippen LogP contribution < -0.4 is 5.32 Å². The smallest absolute Gasteiger partial charge is 0.284 e. The minimum atomic E-state index is -0.531. The van der Waals surface area contributed by atoms with Crippen LogP contribution in [-0.4, -0.2) is 10.8 Å². The Kier molecular flexibility index (Phi) is 4.94. The molecular formula is C14H10BrIN2O3. The monoisotopic (exact) mass is 460 g/mol. The third-order valence-corrected chi connectivity index (χ3v) is 4.18. The van der Waals surface area contributed by atoms with Crippen molar-refractivity contribution >= 4 is 55.8 Å². The average molecular weight is 461 g/mol. The molecule has 0 bridgehead atoms. The lowest BCUT2D eigenvalue weighted by Crippen LogP contribution is -2.13. The first-order valence-electron chi connectivity index (χ1n) is 5.90. The lowest BCUT2D eigenvalue weighted by Gasteiger charge is -2.09. The highest BCUT2D eigenvalue weighted by Gasteiger charge is 2.16. The van der Waals surface area contributed by atoms with Crippen molar-refractivity contribution in [2.45, 2.75) is 6.92 Å². The molecule has 2 aromatic carbocycles. The summed E-state index contributed by atoms with van der Waals surface area (Å²) in [7, 11) is 0. The summed E-state index contributed by atoms with van der Waals surface area (Å²) in [6, 6.07) is 9.92. The van der Waals surface area contributed by atoms with Crippen LogP contribution >= 0.6 is 38.5 Å². The molecule has 21 heavy (non-hydrogen) atoms. The van der Waals surface area contributed by atoms with Crippen molar-refractivity contribution in [1.29, 1.82) is 0 Å². The first kappa shape index (κ1) is 15.9. The molecule has 0 aliphatic carbocycles. The number of benzene rings is 2. The van der Waals surface area contributed by atoms with Crippen LogP contribution in [0.2, 0.25) is 0 Å². The molecule has 0 heterocycles. The number of amides is 1. The van der Waals surface area contributed by atoms with Gasteiger partial charge in [0.25, 0.3) is 11.6 Å². The summed E-state index contributed by atoms with van der Waals surface area (Å²) in [5.74, 6) is -0.380. The highest BCUT2D eigenvalue weighted by molar-refractivity contribution is 14.1. The highest BCUT2D eigenvalue weighted by Crippen LogP contribution is 2.26. The first-order valence-corrected chi connectivity index (χ1v) is 7.77. The molecule has 1 amide bonds. The second kappa shape index (κ2) is 6.52. The quantitative estimate of drug-likeness (QED) is 0.415. The Hall–Kier alpha value is -1.48. The fourth-order valence-corrected chi connectivity index (χ4v) is 2.79. The van der Waals surface area contributed by atoms with Crippen molar-refractivity contribution in [2.75, 3.05) is 5.32 Å². The molecule has 108 valence electrons. The van der Waals surface area contributed by atoms with E-state index in [0.29, 0.717) is 10.2 Å². The summed E-state index contributed by atoms with van der Waals surface area (Å²) in [6.07, 6.45) is 0. The van der Waals surface area contributed by atoms with Crippen molar-refractivity contribution in [3.63, 3.8) is 0 Å². The topological polar surface area (TPSA) is 72.2 Å².